The van der Waals surface area contributed by atoms with Crippen molar-refractivity contribution in [1.82, 2.24) is 5.32 Å². The molecule has 2 fully saturated rings. The smallest absolute Gasteiger partial charge is 0.399 e. The van der Waals surface area contributed by atoms with E-state index < -0.39 is 0 Å². The number of thiophene rings is 1. The maximum Gasteiger partial charge on any atom is 0.495 e. The Bertz CT molecular complexity index is 464. The van der Waals surface area contributed by atoms with E-state index in [1.54, 1.807) is 0 Å². The van der Waals surface area contributed by atoms with Crippen molar-refractivity contribution in [2.24, 2.45) is 0 Å². The number of hydrogen-bond acceptors (Lipinski definition) is 4. The van der Waals surface area contributed by atoms with Gasteiger partial charge in [-0.25, -0.2) is 0 Å². The molecule has 1 aromatic rings. The average Bonchev–Trinajstić information content (AvgIpc) is 2.94. The summed E-state index contributed by atoms with van der Waals surface area (Å²) in [6, 6.07) is 2.28. The molecule has 1 aromatic heterocycles. The first-order valence-electron chi connectivity index (χ1n) is 7.54. The van der Waals surface area contributed by atoms with Crippen molar-refractivity contribution in [1.29, 1.82) is 0 Å². The third-order valence-corrected chi connectivity index (χ3v) is 5.98. The predicted octanol–water partition coefficient (Wildman–Crippen LogP) is 2.51. The van der Waals surface area contributed by atoms with Crippen LogP contribution in [0.15, 0.2) is 11.4 Å². The lowest BCUT2D eigenvalue weighted by Gasteiger charge is -2.32. The molecule has 0 radical (unpaired) electrons. The Morgan fingerprint density at radius 2 is 1.95 bits per heavy atom. The van der Waals surface area contributed by atoms with Crippen LogP contribution in [0.3, 0.4) is 0 Å². The topological polar surface area (TPSA) is 30.5 Å². The molecule has 0 amide bonds. The van der Waals surface area contributed by atoms with Gasteiger partial charge in [-0.05, 0) is 64.0 Å². The molecule has 1 atom stereocenters. The minimum Gasteiger partial charge on any atom is -0.399 e. The minimum atomic E-state index is -0.258. The van der Waals surface area contributed by atoms with Crippen LogP contribution < -0.4 is 10.8 Å². The highest BCUT2D eigenvalue weighted by Gasteiger charge is 2.51. The summed E-state index contributed by atoms with van der Waals surface area (Å²) in [6.45, 7) is 10.7. The van der Waals surface area contributed by atoms with Crippen LogP contribution in [-0.4, -0.2) is 31.4 Å². The Morgan fingerprint density at radius 1 is 1.25 bits per heavy atom. The van der Waals surface area contributed by atoms with Gasteiger partial charge in [0.25, 0.3) is 0 Å². The summed E-state index contributed by atoms with van der Waals surface area (Å²) in [5.41, 5.74) is 0.660. The molecule has 0 aromatic carbocycles. The van der Waals surface area contributed by atoms with Crippen LogP contribution in [0.25, 0.3) is 0 Å². The van der Waals surface area contributed by atoms with Crippen LogP contribution in [0.5, 0.6) is 0 Å². The highest BCUT2D eigenvalue weighted by Crippen LogP contribution is 2.37. The molecule has 2 aliphatic heterocycles. The lowest BCUT2D eigenvalue weighted by molar-refractivity contribution is 0.00578. The summed E-state index contributed by atoms with van der Waals surface area (Å²) in [5.74, 6) is 0.657. The Balaban J connectivity index is 1.74. The van der Waals surface area contributed by atoms with Crippen molar-refractivity contribution in [3.63, 3.8) is 0 Å². The SMILES string of the molecule is CC1(C)OB(c2csc([C@H]3CCCNC3)c2)OC1(C)C. The zero-order chi connectivity index (χ0) is 14.4. The second-order valence-corrected chi connectivity index (χ2v) is 7.86. The molecule has 0 spiro atoms. The summed E-state index contributed by atoms with van der Waals surface area (Å²) in [6.07, 6.45) is 2.56. The van der Waals surface area contributed by atoms with Crippen molar-refractivity contribution < 1.29 is 9.31 Å². The first kappa shape index (κ1) is 14.6. The fourth-order valence-corrected chi connectivity index (χ4v) is 3.83. The van der Waals surface area contributed by atoms with E-state index in [2.05, 4.69) is 44.5 Å². The van der Waals surface area contributed by atoms with Gasteiger partial charge in [-0.2, -0.15) is 0 Å². The van der Waals surface area contributed by atoms with Crippen LogP contribution in [0.4, 0.5) is 0 Å². The van der Waals surface area contributed by atoms with Gasteiger partial charge in [0.1, 0.15) is 0 Å². The van der Waals surface area contributed by atoms with Gasteiger partial charge in [-0.1, -0.05) is 0 Å². The molecule has 3 rings (SSSR count). The molecule has 5 heteroatoms. The average molecular weight is 293 g/mol. The fraction of sp³-hybridized carbons (Fsp3) is 0.733. The Labute approximate surface area is 126 Å². The van der Waals surface area contributed by atoms with Gasteiger partial charge in [-0.15, -0.1) is 11.3 Å². The van der Waals surface area contributed by atoms with E-state index in [1.807, 2.05) is 11.3 Å². The van der Waals surface area contributed by atoms with E-state index in [0.717, 1.165) is 13.1 Å². The van der Waals surface area contributed by atoms with Crippen molar-refractivity contribution in [2.45, 2.75) is 57.7 Å². The van der Waals surface area contributed by atoms with Crippen LogP contribution in [0, 0.1) is 0 Å². The van der Waals surface area contributed by atoms with Crippen LogP contribution in [0.2, 0.25) is 0 Å². The molecule has 3 nitrogen and oxygen atoms in total. The van der Waals surface area contributed by atoms with E-state index >= 15 is 0 Å². The van der Waals surface area contributed by atoms with E-state index in [-0.39, 0.29) is 18.3 Å². The van der Waals surface area contributed by atoms with Gasteiger partial charge in [0, 0.05) is 17.3 Å². The molecule has 2 aliphatic rings. The van der Waals surface area contributed by atoms with Crippen molar-refractivity contribution in [3.05, 3.63) is 16.3 Å². The molecule has 2 saturated heterocycles. The second kappa shape index (κ2) is 5.13. The first-order valence-corrected chi connectivity index (χ1v) is 8.42. The van der Waals surface area contributed by atoms with Gasteiger partial charge in [0.05, 0.1) is 11.2 Å². The third-order valence-electron chi connectivity index (χ3n) is 4.86. The monoisotopic (exact) mass is 293 g/mol. The molecular formula is C15H24BNO2S. The van der Waals surface area contributed by atoms with Gasteiger partial charge in [0.15, 0.2) is 0 Å². The Kier molecular flexibility index (Phi) is 3.74. The number of nitrogens with one attached hydrogen (secondary N) is 1. The van der Waals surface area contributed by atoms with E-state index in [1.165, 1.54) is 23.2 Å². The minimum absolute atomic E-state index is 0.221. The van der Waals surface area contributed by atoms with E-state index in [4.69, 9.17) is 9.31 Å². The Morgan fingerprint density at radius 3 is 2.55 bits per heavy atom. The molecule has 0 aliphatic carbocycles. The largest absolute Gasteiger partial charge is 0.495 e. The lowest BCUT2D eigenvalue weighted by atomic mass is 9.80. The molecular weight excluding hydrogens is 269 g/mol. The number of rotatable bonds is 2. The van der Waals surface area contributed by atoms with E-state index in [9.17, 15) is 0 Å². The molecule has 0 unspecified atom stereocenters. The van der Waals surface area contributed by atoms with Crippen molar-refractivity contribution >= 4 is 23.9 Å². The van der Waals surface area contributed by atoms with E-state index in [0.29, 0.717) is 5.92 Å². The maximum atomic E-state index is 6.12. The highest BCUT2D eigenvalue weighted by atomic mass is 32.1. The van der Waals surface area contributed by atoms with Gasteiger partial charge in [0.2, 0.25) is 0 Å². The molecule has 1 N–H and O–H groups in total. The number of piperidine rings is 1. The van der Waals surface area contributed by atoms with Gasteiger partial charge in [-0.3, -0.25) is 0 Å². The zero-order valence-corrected chi connectivity index (χ0v) is 13.7. The van der Waals surface area contributed by atoms with Crippen molar-refractivity contribution in [2.75, 3.05) is 13.1 Å². The maximum absolute atomic E-state index is 6.12. The zero-order valence-electron chi connectivity index (χ0n) is 12.9. The summed E-state index contributed by atoms with van der Waals surface area (Å²) in [5, 5.41) is 5.68. The number of hydrogen-bond donors (Lipinski definition) is 1. The standard InChI is InChI=1S/C15H24BNO2S/c1-14(2)15(3,4)19-16(18-14)12-8-13(20-10-12)11-6-5-7-17-9-11/h8,10-11,17H,5-7,9H2,1-4H3/t11-/m0/s1. The van der Waals surface area contributed by atoms with Crippen LogP contribution in [-0.2, 0) is 9.31 Å². The summed E-state index contributed by atoms with van der Waals surface area (Å²) in [4.78, 5) is 1.46. The normalized spacial score (nSPS) is 28.8. The molecule has 20 heavy (non-hydrogen) atoms. The third kappa shape index (κ3) is 2.57. The molecule has 0 bridgehead atoms. The summed E-state index contributed by atoms with van der Waals surface area (Å²) < 4.78 is 12.2. The summed E-state index contributed by atoms with van der Waals surface area (Å²) >= 11 is 1.84. The van der Waals surface area contributed by atoms with Crippen molar-refractivity contribution in [3.8, 4) is 0 Å². The van der Waals surface area contributed by atoms with Gasteiger partial charge >= 0.3 is 7.12 Å². The highest BCUT2D eigenvalue weighted by molar-refractivity contribution is 7.11. The predicted molar refractivity (Wildman–Crippen MR) is 84.9 cm³/mol. The van der Waals surface area contributed by atoms with Gasteiger partial charge < -0.3 is 14.6 Å². The fourth-order valence-electron chi connectivity index (χ4n) is 2.78. The first-order chi connectivity index (χ1) is 9.39. The van der Waals surface area contributed by atoms with Crippen LogP contribution >= 0.6 is 11.3 Å². The lowest BCUT2D eigenvalue weighted by Crippen LogP contribution is -2.41. The van der Waals surface area contributed by atoms with Crippen LogP contribution in [0.1, 0.15) is 51.3 Å². The molecule has 0 saturated carbocycles. The summed E-state index contributed by atoms with van der Waals surface area (Å²) in [7, 11) is -0.221. The second-order valence-electron chi connectivity index (χ2n) is 6.91. The molecule has 3 heterocycles. The Hall–Kier alpha value is -0.355. The molecule has 110 valence electrons. The quantitative estimate of drug-likeness (QED) is 0.850.